The van der Waals surface area contributed by atoms with E-state index in [-0.39, 0.29) is 30.0 Å². The second-order valence-electron chi connectivity index (χ2n) is 8.57. The van der Waals surface area contributed by atoms with Crippen molar-refractivity contribution in [3.63, 3.8) is 0 Å². The zero-order valence-electron chi connectivity index (χ0n) is 19.6. The van der Waals surface area contributed by atoms with E-state index >= 15 is 4.39 Å². The van der Waals surface area contributed by atoms with Crippen LogP contribution in [0.2, 0.25) is 0 Å². The highest BCUT2D eigenvalue weighted by atomic mass is 32.2. The minimum atomic E-state index is -3.91. The number of methoxy groups -OCH3 is 1. The molecule has 0 spiro atoms. The van der Waals surface area contributed by atoms with Crippen molar-refractivity contribution in [2.75, 3.05) is 25.1 Å². The van der Waals surface area contributed by atoms with Crippen LogP contribution in [-0.4, -0.2) is 42.9 Å². The fourth-order valence-electron chi connectivity index (χ4n) is 4.68. The van der Waals surface area contributed by atoms with Crippen LogP contribution in [0, 0.1) is 17.5 Å². The smallest absolute Gasteiger partial charge is 0.277 e. The van der Waals surface area contributed by atoms with Gasteiger partial charge in [0.25, 0.3) is 10.2 Å². The van der Waals surface area contributed by atoms with Gasteiger partial charge in [0.1, 0.15) is 29.5 Å². The molecule has 1 aromatic heterocycles. The Labute approximate surface area is 211 Å². The Balaban J connectivity index is 1.66. The largest absolute Gasteiger partial charge is 0.495 e. The average Bonchev–Trinajstić information content (AvgIpc) is 2.87. The topological polar surface area (TPSA) is 102 Å². The van der Waals surface area contributed by atoms with Gasteiger partial charge >= 0.3 is 0 Å². The van der Waals surface area contributed by atoms with Crippen LogP contribution in [0.1, 0.15) is 18.2 Å². The molecule has 3 heterocycles. The van der Waals surface area contributed by atoms with Gasteiger partial charge in [-0.05, 0) is 35.4 Å². The summed E-state index contributed by atoms with van der Waals surface area (Å²) in [4.78, 5) is 10.2. The van der Waals surface area contributed by atoms with Crippen LogP contribution in [0.4, 0.5) is 18.9 Å². The van der Waals surface area contributed by atoms with Crippen molar-refractivity contribution in [1.82, 2.24) is 14.3 Å². The SMILES string of the molecule is COc1cc(-c2cc(F)cc(F)c2)c(F)cc1N1C2=C(C=CC1c1ccncn1)CN(S(N)(=O)=O)CC2. The molecule has 2 aliphatic heterocycles. The summed E-state index contributed by atoms with van der Waals surface area (Å²) >= 11 is 0. The number of hydrogen-bond donors (Lipinski definition) is 1. The quantitative estimate of drug-likeness (QED) is 0.539. The number of aromatic nitrogens is 2. The Kier molecular flexibility index (Phi) is 6.48. The Morgan fingerprint density at radius 1 is 1.11 bits per heavy atom. The maximum Gasteiger partial charge on any atom is 0.277 e. The summed E-state index contributed by atoms with van der Waals surface area (Å²) in [6.45, 7) is 0.174. The number of nitrogens with two attached hydrogens (primary N) is 1. The molecule has 0 saturated heterocycles. The normalized spacial score (nSPS) is 18.2. The van der Waals surface area contributed by atoms with Crippen molar-refractivity contribution in [2.24, 2.45) is 5.14 Å². The Hall–Kier alpha value is -3.74. The van der Waals surface area contributed by atoms with Gasteiger partial charge in [-0.3, -0.25) is 0 Å². The molecule has 3 aromatic rings. The lowest BCUT2D eigenvalue weighted by Gasteiger charge is -2.41. The van der Waals surface area contributed by atoms with Crippen LogP contribution in [-0.2, 0) is 10.2 Å². The van der Waals surface area contributed by atoms with Crippen LogP contribution in [0.5, 0.6) is 5.75 Å². The summed E-state index contributed by atoms with van der Waals surface area (Å²) in [5.41, 5.74) is 2.36. The summed E-state index contributed by atoms with van der Waals surface area (Å²) < 4.78 is 74.0. The number of halogens is 3. The third kappa shape index (κ3) is 4.82. The molecule has 8 nitrogen and oxygen atoms in total. The van der Waals surface area contributed by atoms with Crippen LogP contribution < -0.4 is 14.8 Å². The molecular weight excluding hydrogens is 507 g/mol. The number of nitrogens with zero attached hydrogens (tertiary/aromatic N) is 4. The predicted octanol–water partition coefficient (Wildman–Crippen LogP) is 3.85. The van der Waals surface area contributed by atoms with Crippen LogP contribution >= 0.6 is 0 Å². The van der Waals surface area contributed by atoms with Crippen LogP contribution in [0.3, 0.4) is 0 Å². The van der Waals surface area contributed by atoms with Gasteiger partial charge < -0.3 is 9.64 Å². The monoisotopic (exact) mass is 529 g/mol. The van der Waals surface area contributed by atoms with Crippen molar-refractivity contribution < 1.29 is 26.3 Å². The lowest BCUT2D eigenvalue weighted by molar-refractivity contribution is 0.407. The third-order valence-corrected chi connectivity index (χ3v) is 7.36. The van der Waals surface area contributed by atoms with Gasteiger partial charge in [0.05, 0.1) is 24.5 Å². The average molecular weight is 530 g/mol. The molecule has 192 valence electrons. The molecule has 37 heavy (non-hydrogen) atoms. The number of benzene rings is 2. The van der Waals surface area contributed by atoms with E-state index in [1.165, 1.54) is 29.9 Å². The van der Waals surface area contributed by atoms with Crippen molar-refractivity contribution in [1.29, 1.82) is 0 Å². The molecule has 2 N–H and O–H groups in total. The first-order valence-corrected chi connectivity index (χ1v) is 12.7. The summed E-state index contributed by atoms with van der Waals surface area (Å²) in [7, 11) is -2.50. The molecule has 2 aromatic carbocycles. The molecule has 1 unspecified atom stereocenters. The molecule has 0 aliphatic carbocycles. The number of rotatable bonds is 5. The molecule has 1 atom stereocenters. The molecule has 12 heteroatoms. The van der Waals surface area contributed by atoms with Gasteiger partial charge in [-0.2, -0.15) is 12.7 Å². The first-order chi connectivity index (χ1) is 17.7. The van der Waals surface area contributed by atoms with E-state index in [0.29, 0.717) is 29.4 Å². The maximum atomic E-state index is 15.6. The molecule has 0 fully saturated rings. The van der Waals surface area contributed by atoms with Crippen LogP contribution in [0.15, 0.2) is 72.3 Å². The van der Waals surface area contributed by atoms with Crippen molar-refractivity contribution in [3.8, 4) is 16.9 Å². The summed E-state index contributed by atoms with van der Waals surface area (Å²) in [6.07, 6.45) is 6.90. The van der Waals surface area contributed by atoms with E-state index in [9.17, 15) is 17.2 Å². The molecule has 5 rings (SSSR count). The van der Waals surface area contributed by atoms with Gasteiger partial charge in [0, 0.05) is 49.1 Å². The Morgan fingerprint density at radius 2 is 1.86 bits per heavy atom. The van der Waals surface area contributed by atoms with E-state index in [1.807, 2.05) is 17.1 Å². The van der Waals surface area contributed by atoms with Gasteiger partial charge in [-0.15, -0.1) is 0 Å². The highest BCUT2D eigenvalue weighted by molar-refractivity contribution is 7.86. The lowest BCUT2D eigenvalue weighted by Crippen LogP contribution is -2.44. The predicted molar refractivity (Wildman–Crippen MR) is 131 cm³/mol. The fraction of sp³-hybridized carbons (Fsp3) is 0.200. The molecule has 0 radical (unpaired) electrons. The lowest BCUT2D eigenvalue weighted by atomic mass is 9.95. The number of ether oxygens (including phenoxy) is 1. The van der Waals surface area contributed by atoms with Gasteiger partial charge in [-0.1, -0.05) is 12.2 Å². The van der Waals surface area contributed by atoms with Crippen LogP contribution in [0.25, 0.3) is 11.1 Å². The second-order valence-corrected chi connectivity index (χ2v) is 10.1. The summed E-state index contributed by atoms with van der Waals surface area (Å²) in [5.74, 6) is -2.14. The minimum absolute atomic E-state index is 0.0205. The molecular formula is C25H22F3N5O3S. The van der Waals surface area contributed by atoms with Gasteiger partial charge in [0.15, 0.2) is 0 Å². The van der Waals surface area contributed by atoms with E-state index in [4.69, 9.17) is 9.88 Å². The highest BCUT2D eigenvalue weighted by Crippen LogP contribution is 2.45. The first-order valence-electron chi connectivity index (χ1n) is 11.2. The zero-order chi connectivity index (χ0) is 26.3. The van der Waals surface area contributed by atoms with E-state index in [1.54, 1.807) is 12.3 Å². The first kappa shape index (κ1) is 24.9. The molecule has 2 aliphatic rings. The van der Waals surface area contributed by atoms with E-state index < -0.39 is 33.7 Å². The van der Waals surface area contributed by atoms with Gasteiger partial charge in [-0.25, -0.2) is 28.3 Å². The van der Waals surface area contributed by atoms with Gasteiger partial charge in [0.2, 0.25) is 0 Å². The van der Waals surface area contributed by atoms with E-state index in [0.717, 1.165) is 17.8 Å². The summed E-state index contributed by atoms with van der Waals surface area (Å²) in [6, 6.07) is 6.64. The van der Waals surface area contributed by atoms with E-state index in [2.05, 4.69) is 9.97 Å². The number of anilines is 1. The standard InChI is InChI=1S/C25H22F3N5O3S/c1-36-25-11-19(16-8-17(26)10-18(27)9-16)20(28)12-24(25)33-22-5-7-32(37(29,34)35)13-15(22)2-3-23(33)21-4-6-30-14-31-21/h2-4,6,8-12,14,23H,5,7,13H2,1H3,(H2,29,34,35). The van der Waals surface area contributed by atoms with Crippen molar-refractivity contribution in [2.45, 2.75) is 12.5 Å². The number of hydrogen-bond acceptors (Lipinski definition) is 6. The molecule has 0 amide bonds. The highest BCUT2D eigenvalue weighted by Gasteiger charge is 2.35. The third-order valence-electron chi connectivity index (χ3n) is 6.33. The Morgan fingerprint density at radius 3 is 2.51 bits per heavy atom. The summed E-state index contributed by atoms with van der Waals surface area (Å²) in [5, 5.41) is 5.35. The van der Waals surface area contributed by atoms with Crippen molar-refractivity contribution >= 4 is 15.9 Å². The second kappa shape index (κ2) is 9.61. The maximum absolute atomic E-state index is 15.6. The van der Waals surface area contributed by atoms with Crippen molar-refractivity contribution in [3.05, 3.63) is 95.5 Å². The zero-order valence-corrected chi connectivity index (χ0v) is 20.4. The minimum Gasteiger partial charge on any atom is -0.495 e. The molecule has 0 saturated carbocycles. The Bertz CT molecular complexity index is 1510. The fourth-order valence-corrected chi connectivity index (χ4v) is 5.35. The molecule has 0 bridgehead atoms.